The monoisotopic (exact) mass is 334 g/mol. The Morgan fingerprint density at radius 3 is 2.18 bits per heavy atom. The van der Waals surface area contributed by atoms with Gasteiger partial charge >= 0.3 is 0 Å². The van der Waals surface area contributed by atoms with E-state index in [1.165, 1.54) is 4.31 Å². The minimum Gasteiger partial charge on any atom is -0.346 e. The summed E-state index contributed by atoms with van der Waals surface area (Å²) in [6.45, 7) is 6.41. The van der Waals surface area contributed by atoms with Gasteiger partial charge < -0.3 is 16.0 Å². The molecule has 1 atom stereocenters. The van der Waals surface area contributed by atoms with E-state index in [0.29, 0.717) is 26.2 Å². The molecule has 9 heteroatoms. The maximum Gasteiger partial charge on any atom is 0.242 e. The summed E-state index contributed by atoms with van der Waals surface area (Å²) < 4.78 is 24.9. The summed E-state index contributed by atoms with van der Waals surface area (Å²) in [7, 11) is -3.21. The van der Waals surface area contributed by atoms with Gasteiger partial charge in [0.05, 0.1) is 18.3 Å². The molecule has 1 fully saturated rings. The molecule has 2 amide bonds. The smallest absolute Gasteiger partial charge is 0.242 e. The Balaban J connectivity index is 2.42. The van der Waals surface area contributed by atoms with Crippen LogP contribution in [0.5, 0.6) is 0 Å². The van der Waals surface area contributed by atoms with Crippen LogP contribution < -0.4 is 11.1 Å². The summed E-state index contributed by atoms with van der Waals surface area (Å²) in [6.07, 6.45) is 0. The summed E-state index contributed by atoms with van der Waals surface area (Å²) in [6, 6.07) is -0.639. The molecule has 0 aromatic heterocycles. The highest BCUT2D eigenvalue weighted by molar-refractivity contribution is 7.89. The van der Waals surface area contributed by atoms with Gasteiger partial charge in [-0.25, -0.2) is 8.42 Å². The number of hydrogen-bond acceptors (Lipinski definition) is 5. The normalized spacial score (nSPS) is 18.3. The number of nitrogens with one attached hydrogen (secondary N) is 1. The second kappa shape index (κ2) is 7.89. The van der Waals surface area contributed by atoms with Gasteiger partial charge in [0.1, 0.15) is 0 Å². The Kier molecular flexibility index (Phi) is 6.76. The predicted octanol–water partition coefficient (Wildman–Crippen LogP) is -1.42. The van der Waals surface area contributed by atoms with Gasteiger partial charge in [0, 0.05) is 26.2 Å². The third kappa shape index (κ3) is 4.92. The van der Waals surface area contributed by atoms with Crippen molar-refractivity contribution in [2.75, 3.05) is 38.5 Å². The Hall–Kier alpha value is -1.19. The molecule has 0 unspecified atom stereocenters. The minimum absolute atomic E-state index is 0.00195. The number of sulfonamides is 1. The first kappa shape index (κ1) is 18.9. The second-order valence-electron chi connectivity index (χ2n) is 5.67. The lowest BCUT2D eigenvalue weighted by molar-refractivity contribution is -0.134. The van der Waals surface area contributed by atoms with Gasteiger partial charge in [-0.1, -0.05) is 13.8 Å². The van der Waals surface area contributed by atoms with E-state index in [1.54, 1.807) is 11.8 Å². The summed E-state index contributed by atoms with van der Waals surface area (Å²) in [5.74, 6) is -0.518. The summed E-state index contributed by atoms with van der Waals surface area (Å²) in [5, 5.41) is 2.53. The zero-order valence-corrected chi connectivity index (χ0v) is 14.2. The topological polar surface area (TPSA) is 113 Å². The van der Waals surface area contributed by atoms with E-state index in [-0.39, 0.29) is 30.0 Å². The third-order valence-corrected chi connectivity index (χ3v) is 5.67. The van der Waals surface area contributed by atoms with Crippen LogP contribution in [0, 0.1) is 5.92 Å². The molecule has 0 saturated carbocycles. The zero-order valence-electron chi connectivity index (χ0n) is 13.4. The standard InChI is InChI=1S/C13H26N4O4S/c1-4-22(20,21)17-7-5-16(6-8-17)11(18)9-15-13(19)12(14)10(2)3/h10,12H,4-9,14H2,1-3H3,(H,15,19)/t12-/m0/s1. The van der Waals surface area contributed by atoms with Crippen LogP contribution in [0.15, 0.2) is 0 Å². The van der Waals surface area contributed by atoms with Gasteiger partial charge in [0.2, 0.25) is 21.8 Å². The van der Waals surface area contributed by atoms with Gasteiger partial charge in [-0.2, -0.15) is 4.31 Å². The quantitative estimate of drug-likeness (QED) is 0.619. The van der Waals surface area contributed by atoms with Crippen molar-refractivity contribution in [3.8, 4) is 0 Å². The first-order valence-corrected chi connectivity index (χ1v) is 9.08. The molecule has 22 heavy (non-hydrogen) atoms. The number of amides is 2. The zero-order chi connectivity index (χ0) is 16.9. The lowest BCUT2D eigenvalue weighted by Gasteiger charge is -2.34. The van der Waals surface area contributed by atoms with Gasteiger partial charge in [-0.15, -0.1) is 0 Å². The van der Waals surface area contributed by atoms with Crippen molar-refractivity contribution in [1.29, 1.82) is 0 Å². The highest BCUT2D eigenvalue weighted by atomic mass is 32.2. The van der Waals surface area contributed by atoms with Crippen LogP contribution in [-0.2, 0) is 19.6 Å². The van der Waals surface area contributed by atoms with Crippen molar-refractivity contribution in [3.63, 3.8) is 0 Å². The highest BCUT2D eigenvalue weighted by Crippen LogP contribution is 2.08. The van der Waals surface area contributed by atoms with Crippen molar-refractivity contribution in [1.82, 2.24) is 14.5 Å². The molecule has 0 aromatic rings. The van der Waals surface area contributed by atoms with Gasteiger partial charge in [-0.05, 0) is 12.8 Å². The molecule has 1 saturated heterocycles. The van der Waals surface area contributed by atoms with Gasteiger partial charge in [-0.3, -0.25) is 9.59 Å². The number of nitrogens with two attached hydrogens (primary N) is 1. The van der Waals surface area contributed by atoms with E-state index >= 15 is 0 Å². The number of carbonyl (C=O) groups is 2. The maximum atomic E-state index is 12.0. The van der Waals surface area contributed by atoms with Crippen LogP contribution >= 0.6 is 0 Å². The number of hydrogen-bond donors (Lipinski definition) is 2. The third-order valence-electron chi connectivity index (χ3n) is 3.78. The summed E-state index contributed by atoms with van der Waals surface area (Å²) in [4.78, 5) is 25.3. The Morgan fingerprint density at radius 1 is 1.18 bits per heavy atom. The molecule has 1 aliphatic heterocycles. The average Bonchev–Trinajstić information content (AvgIpc) is 2.51. The minimum atomic E-state index is -3.21. The van der Waals surface area contributed by atoms with Crippen LogP contribution in [0.1, 0.15) is 20.8 Å². The molecule has 0 radical (unpaired) electrons. The molecule has 0 bridgehead atoms. The number of rotatable bonds is 6. The summed E-state index contributed by atoms with van der Waals surface area (Å²) in [5.41, 5.74) is 5.70. The molecule has 128 valence electrons. The van der Waals surface area contributed by atoms with E-state index in [9.17, 15) is 18.0 Å². The molecule has 1 heterocycles. The second-order valence-corrected chi connectivity index (χ2v) is 7.93. The molecular formula is C13H26N4O4S. The first-order valence-electron chi connectivity index (χ1n) is 7.48. The molecule has 1 aliphatic rings. The fourth-order valence-corrected chi connectivity index (χ4v) is 3.18. The van der Waals surface area contributed by atoms with Crippen LogP contribution in [-0.4, -0.2) is 74.0 Å². The van der Waals surface area contributed by atoms with Crippen molar-refractivity contribution in [3.05, 3.63) is 0 Å². The van der Waals surface area contributed by atoms with Crippen LogP contribution in [0.2, 0.25) is 0 Å². The molecule has 1 rings (SSSR count). The molecule has 8 nitrogen and oxygen atoms in total. The van der Waals surface area contributed by atoms with E-state index < -0.39 is 16.1 Å². The Labute approximate surface area is 132 Å². The van der Waals surface area contributed by atoms with E-state index in [0.717, 1.165) is 0 Å². The highest BCUT2D eigenvalue weighted by Gasteiger charge is 2.28. The maximum absolute atomic E-state index is 12.0. The number of carbonyl (C=O) groups excluding carboxylic acids is 2. The van der Waals surface area contributed by atoms with E-state index in [2.05, 4.69) is 5.32 Å². The first-order chi connectivity index (χ1) is 10.2. The fraction of sp³-hybridized carbons (Fsp3) is 0.846. The van der Waals surface area contributed by atoms with E-state index in [1.807, 2.05) is 13.8 Å². The summed E-state index contributed by atoms with van der Waals surface area (Å²) >= 11 is 0. The van der Waals surface area contributed by atoms with Gasteiger partial charge in [0.15, 0.2) is 0 Å². The predicted molar refractivity (Wildman–Crippen MR) is 83.4 cm³/mol. The average molecular weight is 334 g/mol. The molecular weight excluding hydrogens is 308 g/mol. The lowest BCUT2D eigenvalue weighted by Crippen LogP contribution is -2.54. The van der Waals surface area contributed by atoms with Crippen LogP contribution in [0.3, 0.4) is 0 Å². The SMILES string of the molecule is CCS(=O)(=O)N1CCN(C(=O)CNC(=O)[C@@H](N)C(C)C)CC1. The van der Waals surface area contributed by atoms with Crippen LogP contribution in [0.4, 0.5) is 0 Å². The van der Waals surface area contributed by atoms with Crippen molar-refractivity contribution >= 4 is 21.8 Å². The van der Waals surface area contributed by atoms with Crippen molar-refractivity contribution in [2.45, 2.75) is 26.8 Å². The molecule has 0 aliphatic carbocycles. The van der Waals surface area contributed by atoms with Crippen LogP contribution in [0.25, 0.3) is 0 Å². The molecule has 3 N–H and O–H groups in total. The lowest BCUT2D eigenvalue weighted by atomic mass is 10.1. The number of piperazine rings is 1. The Morgan fingerprint density at radius 2 is 1.73 bits per heavy atom. The largest absolute Gasteiger partial charge is 0.346 e. The fourth-order valence-electron chi connectivity index (χ4n) is 2.09. The molecule has 0 aromatic carbocycles. The van der Waals surface area contributed by atoms with Crippen molar-refractivity contribution in [2.24, 2.45) is 11.7 Å². The molecule has 0 spiro atoms. The number of nitrogens with zero attached hydrogens (tertiary/aromatic N) is 2. The van der Waals surface area contributed by atoms with Gasteiger partial charge in [0.25, 0.3) is 0 Å². The van der Waals surface area contributed by atoms with Crippen molar-refractivity contribution < 1.29 is 18.0 Å². The Bertz CT molecular complexity index is 498. The van der Waals surface area contributed by atoms with E-state index in [4.69, 9.17) is 5.73 Å².